The van der Waals surface area contributed by atoms with Crippen LogP contribution in [0.2, 0.25) is 0 Å². The fourth-order valence-corrected chi connectivity index (χ4v) is 2.99. The number of thioether (sulfide) groups is 1. The van der Waals surface area contributed by atoms with E-state index in [1.807, 2.05) is 23.9 Å². The Morgan fingerprint density at radius 2 is 1.95 bits per heavy atom. The third kappa shape index (κ3) is 8.79. The predicted octanol–water partition coefficient (Wildman–Crippen LogP) is 4.30. The van der Waals surface area contributed by atoms with E-state index in [2.05, 4.69) is 36.6 Å². The summed E-state index contributed by atoms with van der Waals surface area (Å²) in [4.78, 5) is 12.2. The lowest BCUT2D eigenvalue weighted by atomic mass is 10.1. The molecule has 0 saturated carbocycles. The molecular formula is C17H28N2OS. The van der Waals surface area contributed by atoms with Gasteiger partial charge in [-0.05, 0) is 62.7 Å². The van der Waals surface area contributed by atoms with Crippen molar-refractivity contribution in [3.8, 4) is 0 Å². The molecular weight excluding hydrogens is 280 g/mol. The molecule has 0 heterocycles. The third-order valence-corrected chi connectivity index (χ3v) is 4.32. The van der Waals surface area contributed by atoms with E-state index < -0.39 is 0 Å². The highest BCUT2D eigenvalue weighted by atomic mass is 32.2. The Balaban J connectivity index is 2.13. The highest BCUT2D eigenvalue weighted by Gasteiger charge is 2.01. The summed E-state index contributed by atoms with van der Waals surface area (Å²) in [6.45, 7) is 7.12. The molecule has 0 aromatic heterocycles. The Kier molecular flexibility index (Phi) is 9.19. The molecule has 0 bridgehead atoms. The number of amides is 1. The van der Waals surface area contributed by atoms with Gasteiger partial charge in [0.1, 0.15) is 0 Å². The van der Waals surface area contributed by atoms with Gasteiger partial charge in [-0.3, -0.25) is 4.79 Å². The number of nitrogens with one attached hydrogen (secondary N) is 2. The first-order chi connectivity index (χ1) is 10.1. The van der Waals surface area contributed by atoms with Crippen LogP contribution in [0.25, 0.3) is 0 Å². The zero-order valence-electron chi connectivity index (χ0n) is 13.4. The minimum atomic E-state index is -0.0267. The lowest BCUT2D eigenvalue weighted by Gasteiger charge is -2.12. The molecule has 1 aromatic rings. The number of rotatable bonds is 10. The molecule has 0 fully saturated rings. The van der Waals surface area contributed by atoms with Crippen LogP contribution < -0.4 is 10.6 Å². The number of hydrogen-bond acceptors (Lipinski definition) is 3. The first-order valence-electron chi connectivity index (χ1n) is 7.85. The van der Waals surface area contributed by atoms with Gasteiger partial charge in [-0.25, -0.2) is 0 Å². The Hall–Kier alpha value is -1.00. The smallest absolute Gasteiger partial charge is 0.221 e. The second-order valence-corrected chi connectivity index (χ2v) is 6.57. The fraction of sp³-hybridized carbons (Fsp3) is 0.588. The quantitative estimate of drug-likeness (QED) is 0.500. The molecule has 1 unspecified atom stereocenters. The molecule has 1 atom stereocenters. The van der Waals surface area contributed by atoms with E-state index in [1.165, 1.54) is 37.5 Å². The second kappa shape index (κ2) is 10.7. The lowest BCUT2D eigenvalue weighted by Crippen LogP contribution is -2.26. The van der Waals surface area contributed by atoms with Crippen molar-refractivity contribution < 1.29 is 4.79 Å². The molecule has 21 heavy (non-hydrogen) atoms. The molecule has 1 aromatic carbocycles. The first-order valence-corrected chi connectivity index (χ1v) is 8.84. The second-order valence-electron chi connectivity index (χ2n) is 5.40. The molecule has 1 amide bonds. The maximum absolute atomic E-state index is 10.9. The predicted molar refractivity (Wildman–Crippen MR) is 93.1 cm³/mol. The van der Waals surface area contributed by atoms with Gasteiger partial charge in [0.25, 0.3) is 0 Å². The molecule has 0 aliphatic heterocycles. The summed E-state index contributed by atoms with van der Waals surface area (Å²) in [6.07, 6.45) is 4.97. The van der Waals surface area contributed by atoms with Crippen LogP contribution in [0.4, 0.5) is 5.69 Å². The SMILES string of the molecule is CCCNC(C)CCCCSc1ccc(NC(C)=O)cc1. The van der Waals surface area contributed by atoms with Crippen molar-refractivity contribution in [1.29, 1.82) is 0 Å². The number of benzene rings is 1. The standard InChI is InChI=1S/C17H28N2OS/c1-4-12-18-14(2)7-5-6-13-21-17-10-8-16(9-11-17)19-15(3)20/h8-11,14,18H,4-7,12-13H2,1-3H3,(H,19,20). The molecule has 0 aliphatic rings. The van der Waals surface area contributed by atoms with Crippen LogP contribution >= 0.6 is 11.8 Å². The van der Waals surface area contributed by atoms with Crippen molar-refractivity contribution in [2.45, 2.75) is 57.4 Å². The van der Waals surface area contributed by atoms with Gasteiger partial charge >= 0.3 is 0 Å². The Morgan fingerprint density at radius 3 is 2.57 bits per heavy atom. The van der Waals surface area contributed by atoms with E-state index in [1.54, 1.807) is 0 Å². The monoisotopic (exact) mass is 308 g/mol. The van der Waals surface area contributed by atoms with Crippen molar-refractivity contribution >= 4 is 23.4 Å². The van der Waals surface area contributed by atoms with Gasteiger partial charge in [0.2, 0.25) is 5.91 Å². The number of carbonyl (C=O) groups is 1. The topological polar surface area (TPSA) is 41.1 Å². The van der Waals surface area contributed by atoms with Crippen LogP contribution in [0.1, 0.15) is 46.5 Å². The van der Waals surface area contributed by atoms with E-state index in [-0.39, 0.29) is 5.91 Å². The first kappa shape index (κ1) is 18.1. The Morgan fingerprint density at radius 1 is 1.24 bits per heavy atom. The van der Waals surface area contributed by atoms with Crippen LogP contribution in [0, 0.1) is 0 Å². The average molecular weight is 308 g/mol. The van der Waals surface area contributed by atoms with Gasteiger partial charge in [-0.15, -0.1) is 11.8 Å². The highest BCUT2D eigenvalue weighted by Crippen LogP contribution is 2.21. The van der Waals surface area contributed by atoms with Crippen molar-refractivity contribution in [3.63, 3.8) is 0 Å². The zero-order chi connectivity index (χ0) is 15.5. The van der Waals surface area contributed by atoms with E-state index >= 15 is 0 Å². The lowest BCUT2D eigenvalue weighted by molar-refractivity contribution is -0.114. The molecule has 2 N–H and O–H groups in total. The molecule has 4 heteroatoms. The number of anilines is 1. The minimum absolute atomic E-state index is 0.0267. The summed E-state index contributed by atoms with van der Waals surface area (Å²) in [7, 11) is 0. The average Bonchev–Trinajstić information content (AvgIpc) is 2.46. The summed E-state index contributed by atoms with van der Waals surface area (Å²) >= 11 is 1.88. The largest absolute Gasteiger partial charge is 0.326 e. The van der Waals surface area contributed by atoms with Crippen molar-refractivity contribution in [2.75, 3.05) is 17.6 Å². The van der Waals surface area contributed by atoms with Crippen LogP contribution in [-0.2, 0) is 4.79 Å². The maximum atomic E-state index is 10.9. The van der Waals surface area contributed by atoms with Crippen LogP contribution in [0.15, 0.2) is 29.2 Å². The summed E-state index contributed by atoms with van der Waals surface area (Å²) in [5.41, 5.74) is 0.864. The summed E-state index contributed by atoms with van der Waals surface area (Å²) in [5, 5.41) is 6.30. The van der Waals surface area contributed by atoms with E-state index in [4.69, 9.17) is 0 Å². The van der Waals surface area contributed by atoms with E-state index in [9.17, 15) is 4.79 Å². The van der Waals surface area contributed by atoms with Gasteiger partial charge in [-0.2, -0.15) is 0 Å². The highest BCUT2D eigenvalue weighted by molar-refractivity contribution is 7.99. The molecule has 118 valence electrons. The normalized spacial score (nSPS) is 12.1. The molecule has 0 spiro atoms. The van der Waals surface area contributed by atoms with Crippen LogP contribution in [0.3, 0.4) is 0 Å². The van der Waals surface area contributed by atoms with Gasteiger partial charge in [0.05, 0.1) is 0 Å². The number of carbonyl (C=O) groups excluding carboxylic acids is 1. The number of hydrogen-bond donors (Lipinski definition) is 2. The zero-order valence-corrected chi connectivity index (χ0v) is 14.3. The summed E-state index contributed by atoms with van der Waals surface area (Å²) in [5.74, 6) is 1.13. The molecule has 0 aliphatic carbocycles. The van der Waals surface area contributed by atoms with Crippen molar-refractivity contribution in [2.24, 2.45) is 0 Å². The third-order valence-electron chi connectivity index (χ3n) is 3.22. The molecule has 0 radical (unpaired) electrons. The fourth-order valence-electron chi connectivity index (χ4n) is 2.07. The molecule has 1 rings (SSSR count). The maximum Gasteiger partial charge on any atom is 0.221 e. The number of unbranched alkanes of at least 4 members (excludes halogenated alkanes) is 1. The van der Waals surface area contributed by atoms with Crippen LogP contribution in [0.5, 0.6) is 0 Å². The van der Waals surface area contributed by atoms with Gasteiger partial charge in [-0.1, -0.05) is 13.3 Å². The van der Waals surface area contributed by atoms with E-state index in [0.29, 0.717) is 6.04 Å². The molecule has 0 saturated heterocycles. The Bertz CT molecular complexity index is 406. The minimum Gasteiger partial charge on any atom is -0.326 e. The van der Waals surface area contributed by atoms with Crippen molar-refractivity contribution in [1.82, 2.24) is 5.32 Å². The van der Waals surface area contributed by atoms with Crippen LogP contribution in [-0.4, -0.2) is 24.2 Å². The van der Waals surface area contributed by atoms with E-state index in [0.717, 1.165) is 18.0 Å². The van der Waals surface area contributed by atoms with Gasteiger partial charge in [0.15, 0.2) is 0 Å². The van der Waals surface area contributed by atoms with Gasteiger partial charge in [0, 0.05) is 23.5 Å². The molecule has 3 nitrogen and oxygen atoms in total. The van der Waals surface area contributed by atoms with Gasteiger partial charge < -0.3 is 10.6 Å². The Labute approximate surface area is 133 Å². The summed E-state index contributed by atoms with van der Waals surface area (Å²) < 4.78 is 0. The summed E-state index contributed by atoms with van der Waals surface area (Å²) in [6, 6.07) is 8.69. The van der Waals surface area contributed by atoms with Crippen molar-refractivity contribution in [3.05, 3.63) is 24.3 Å².